The highest BCUT2D eigenvalue weighted by Gasteiger charge is 2.42. The molecule has 0 saturated heterocycles. The smallest absolute Gasteiger partial charge is 0.345 e. The van der Waals surface area contributed by atoms with Crippen LogP contribution in [0.2, 0.25) is 0 Å². The van der Waals surface area contributed by atoms with Gasteiger partial charge in [-0.05, 0) is 59.6 Å². The van der Waals surface area contributed by atoms with E-state index in [0.717, 1.165) is 36.9 Å². The molecular weight excluding hydrogens is 448 g/mol. The van der Waals surface area contributed by atoms with E-state index in [2.05, 4.69) is 43.5 Å². The van der Waals surface area contributed by atoms with Crippen molar-refractivity contribution < 1.29 is 14.3 Å². The minimum atomic E-state index is -1.27. The monoisotopic (exact) mass is 474 g/mol. The van der Waals surface area contributed by atoms with Gasteiger partial charge in [-0.1, -0.05) is 27.7 Å². The van der Waals surface area contributed by atoms with Crippen LogP contribution in [0.25, 0.3) is 32.3 Å². The van der Waals surface area contributed by atoms with Gasteiger partial charge in [0.25, 0.3) is 5.70 Å². The molecule has 5 rings (SSSR count). The van der Waals surface area contributed by atoms with E-state index in [1.165, 1.54) is 28.7 Å². The number of hydrogen-bond acceptors (Lipinski definition) is 5. The Morgan fingerprint density at radius 3 is 2.56 bits per heavy atom. The van der Waals surface area contributed by atoms with Crippen LogP contribution in [0.1, 0.15) is 56.5 Å². The van der Waals surface area contributed by atoms with Crippen LogP contribution >= 0.6 is 11.3 Å². The summed E-state index contributed by atoms with van der Waals surface area (Å²) in [4.78, 5) is 31.1. The number of fused-ring (bicyclic) bond motifs is 2. The molecule has 0 radical (unpaired) electrons. The highest BCUT2D eigenvalue weighted by molar-refractivity contribution is 7.16. The molecule has 34 heavy (non-hydrogen) atoms. The lowest BCUT2D eigenvalue weighted by molar-refractivity contribution is -0.132. The SMILES string of the molecule is [C-]#[N+]C(=Cc1ccc(-c2cc3cc4c5c(c3oc2=O)C(C)(C)CCN5CCC4(C)C)s1)C(=O)O. The lowest BCUT2D eigenvalue weighted by Crippen LogP contribution is -2.44. The number of carboxylic acid groups (broad SMARTS) is 1. The van der Waals surface area contributed by atoms with Gasteiger partial charge < -0.3 is 14.4 Å². The van der Waals surface area contributed by atoms with Gasteiger partial charge in [-0.3, -0.25) is 4.79 Å². The molecule has 0 unspecified atom stereocenters. The number of carboxylic acids is 1. The fraction of sp³-hybridized carbons (Fsp3) is 0.370. The minimum Gasteiger partial charge on any atom is -0.486 e. The number of hydrogen-bond donors (Lipinski definition) is 1. The number of thiophene rings is 1. The molecule has 0 spiro atoms. The van der Waals surface area contributed by atoms with Crippen molar-refractivity contribution in [2.24, 2.45) is 0 Å². The Labute approximate surface area is 202 Å². The topological polar surface area (TPSA) is 75.1 Å². The molecule has 4 heterocycles. The van der Waals surface area contributed by atoms with Gasteiger partial charge in [0.15, 0.2) is 0 Å². The van der Waals surface area contributed by atoms with Crippen molar-refractivity contribution in [1.29, 1.82) is 0 Å². The van der Waals surface area contributed by atoms with Crippen molar-refractivity contribution in [2.45, 2.75) is 51.4 Å². The van der Waals surface area contributed by atoms with Gasteiger partial charge >= 0.3 is 11.6 Å². The summed E-state index contributed by atoms with van der Waals surface area (Å²) in [6.45, 7) is 18.1. The number of aliphatic carboxylic acids is 1. The summed E-state index contributed by atoms with van der Waals surface area (Å²) in [5.41, 5.74) is 3.91. The van der Waals surface area contributed by atoms with Crippen molar-refractivity contribution in [3.8, 4) is 10.4 Å². The summed E-state index contributed by atoms with van der Waals surface area (Å²) in [7, 11) is 0. The van der Waals surface area contributed by atoms with Crippen molar-refractivity contribution >= 4 is 40.0 Å². The first-order valence-corrected chi connectivity index (χ1v) is 12.2. The van der Waals surface area contributed by atoms with E-state index in [0.29, 0.717) is 20.9 Å². The molecule has 6 nitrogen and oxygen atoms in total. The second-order valence-electron chi connectivity index (χ2n) is 10.4. The number of nitrogens with zero attached hydrogens (tertiary/aromatic N) is 2. The zero-order valence-corrected chi connectivity index (χ0v) is 20.5. The predicted molar refractivity (Wildman–Crippen MR) is 136 cm³/mol. The molecular formula is C27H26N2O4S. The van der Waals surface area contributed by atoms with Gasteiger partial charge in [0.2, 0.25) is 0 Å². The third kappa shape index (κ3) is 3.45. The Hall–Kier alpha value is -3.37. The van der Waals surface area contributed by atoms with Crippen molar-refractivity contribution in [3.63, 3.8) is 0 Å². The van der Waals surface area contributed by atoms with Crippen LogP contribution in [0.5, 0.6) is 0 Å². The Balaban J connectivity index is 1.73. The van der Waals surface area contributed by atoms with Crippen LogP contribution in [-0.2, 0) is 15.6 Å². The molecule has 0 fully saturated rings. The first kappa shape index (κ1) is 22.4. The quantitative estimate of drug-likeness (QED) is 0.285. The number of rotatable bonds is 3. The van der Waals surface area contributed by atoms with Gasteiger partial charge in [0.05, 0.1) is 12.1 Å². The summed E-state index contributed by atoms with van der Waals surface area (Å²) in [5, 5.41) is 10.0. The van der Waals surface area contributed by atoms with Crippen LogP contribution in [0, 0.1) is 6.57 Å². The highest BCUT2D eigenvalue weighted by atomic mass is 32.1. The molecule has 3 aromatic rings. The minimum absolute atomic E-state index is 0.0202. The van der Waals surface area contributed by atoms with Crippen molar-refractivity contribution in [2.75, 3.05) is 18.0 Å². The zero-order chi connectivity index (χ0) is 24.4. The number of carbonyl (C=O) groups is 1. The molecule has 0 bridgehead atoms. The average Bonchev–Trinajstić information content (AvgIpc) is 3.23. The van der Waals surface area contributed by atoms with Crippen LogP contribution in [0.4, 0.5) is 5.69 Å². The number of benzene rings is 1. The van der Waals surface area contributed by atoms with Gasteiger partial charge in [0.1, 0.15) is 5.58 Å². The van der Waals surface area contributed by atoms with E-state index in [-0.39, 0.29) is 16.5 Å². The van der Waals surface area contributed by atoms with Gasteiger partial charge in [-0.25, -0.2) is 9.64 Å². The van der Waals surface area contributed by atoms with Crippen molar-refractivity contribution in [3.05, 3.63) is 67.8 Å². The fourth-order valence-corrected chi connectivity index (χ4v) is 6.12. The largest absolute Gasteiger partial charge is 0.486 e. The summed E-state index contributed by atoms with van der Waals surface area (Å²) in [5.74, 6) is -1.27. The second kappa shape index (κ2) is 7.57. The summed E-state index contributed by atoms with van der Waals surface area (Å²) in [6, 6.07) is 7.59. The lowest BCUT2D eigenvalue weighted by Gasteiger charge is -2.48. The maximum atomic E-state index is 13.2. The molecule has 0 atom stereocenters. The molecule has 174 valence electrons. The molecule has 1 aromatic carbocycles. The molecule has 2 aliphatic heterocycles. The molecule has 0 amide bonds. The number of anilines is 1. The molecule has 2 aromatic heterocycles. The van der Waals surface area contributed by atoms with E-state index >= 15 is 0 Å². The standard InChI is InChI=1S/C27H26N2O4S/c1-26(2)8-10-29-11-9-27(3,4)21-22(29)18(26)13-15-12-17(25(32)33-23(15)21)20-7-6-16(34-20)14-19(28-5)24(30)31/h6-7,12-14H,8-11H2,1-4H3,(H,30,31). The summed E-state index contributed by atoms with van der Waals surface area (Å²) in [6.07, 6.45) is 3.40. The maximum absolute atomic E-state index is 13.2. The van der Waals surface area contributed by atoms with Gasteiger partial charge in [-0.15, -0.1) is 11.3 Å². The van der Waals surface area contributed by atoms with Crippen LogP contribution in [0.15, 0.2) is 39.2 Å². The molecule has 0 aliphatic carbocycles. The lowest BCUT2D eigenvalue weighted by atomic mass is 9.69. The van der Waals surface area contributed by atoms with Crippen LogP contribution in [0.3, 0.4) is 0 Å². The third-order valence-corrected chi connectivity index (χ3v) is 8.31. The fourth-order valence-electron chi connectivity index (χ4n) is 5.17. The molecule has 2 aliphatic rings. The molecule has 1 N–H and O–H groups in total. The van der Waals surface area contributed by atoms with Crippen LogP contribution < -0.4 is 10.5 Å². The summed E-state index contributed by atoms with van der Waals surface area (Å²) < 4.78 is 6.04. The van der Waals surface area contributed by atoms with E-state index in [1.807, 2.05) is 6.07 Å². The van der Waals surface area contributed by atoms with E-state index in [9.17, 15) is 9.59 Å². The Morgan fingerprint density at radius 2 is 1.88 bits per heavy atom. The van der Waals surface area contributed by atoms with E-state index < -0.39 is 11.6 Å². The molecule has 7 heteroatoms. The second-order valence-corrected chi connectivity index (χ2v) is 11.5. The third-order valence-electron chi connectivity index (χ3n) is 7.24. The average molecular weight is 475 g/mol. The maximum Gasteiger partial charge on any atom is 0.345 e. The van der Waals surface area contributed by atoms with E-state index in [4.69, 9.17) is 16.1 Å². The Morgan fingerprint density at radius 1 is 1.18 bits per heavy atom. The van der Waals surface area contributed by atoms with Crippen molar-refractivity contribution in [1.82, 2.24) is 0 Å². The normalized spacial score (nSPS) is 18.4. The first-order valence-electron chi connectivity index (χ1n) is 11.4. The first-order chi connectivity index (χ1) is 16.0. The summed E-state index contributed by atoms with van der Waals surface area (Å²) >= 11 is 1.27. The Bertz CT molecular complexity index is 1480. The van der Waals surface area contributed by atoms with Crippen LogP contribution in [-0.4, -0.2) is 24.2 Å². The predicted octanol–water partition coefficient (Wildman–Crippen LogP) is 6.04. The molecule has 0 saturated carbocycles. The zero-order valence-electron chi connectivity index (χ0n) is 19.7. The van der Waals surface area contributed by atoms with E-state index in [1.54, 1.807) is 12.1 Å². The van der Waals surface area contributed by atoms with Gasteiger partial charge in [0, 0.05) is 39.5 Å². The highest BCUT2D eigenvalue weighted by Crippen LogP contribution is 2.51. The van der Waals surface area contributed by atoms with Gasteiger partial charge in [-0.2, -0.15) is 0 Å². The Kier molecular flexibility index (Phi) is 4.99.